The quantitative estimate of drug-likeness (QED) is 0.356. The van der Waals surface area contributed by atoms with E-state index < -0.39 is 10.4 Å². The van der Waals surface area contributed by atoms with Gasteiger partial charge in [0.05, 0.1) is 0 Å². The molecule has 0 atom stereocenters. The summed E-state index contributed by atoms with van der Waals surface area (Å²) < 4.78 is 31.6. The van der Waals surface area contributed by atoms with E-state index in [0.717, 1.165) is 0 Å². The van der Waals surface area contributed by atoms with Crippen LogP contribution in [0.3, 0.4) is 0 Å². The molecule has 0 aliphatic carbocycles. The summed E-state index contributed by atoms with van der Waals surface area (Å²) >= 11 is 0. The molecule has 2 N–H and O–H groups in total. The molecule has 72 valence electrons. The van der Waals surface area contributed by atoms with Crippen LogP contribution in [0.4, 0.5) is 0 Å². The van der Waals surface area contributed by atoms with Gasteiger partial charge in [-0.25, -0.2) is 0 Å². The Labute approximate surface area is 98.1 Å². The van der Waals surface area contributed by atoms with Crippen LogP contribution in [-0.4, -0.2) is 17.5 Å². The Hall–Kier alpha value is 0.870. The number of hydrogen-bond acceptors (Lipinski definition) is 2. The largest absolute Gasteiger partial charge is 1.00 e. The first kappa shape index (κ1) is 18.6. The van der Waals surface area contributed by atoms with Crippen LogP contribution < -0.4 is 29.6 Å². The third kappa shape index (κ3) is 70.7. The van der Waals surface area contributed by atoms with E-state index in [1.54, 1.807) is 0 Å². The minimum Gasteiger partial charge on any atom is -1.00 e. The molecule has 0 heterocycles. The SMILES string of the molecule is CCCCCC.O=S(=O)(O)O.[H-].[Na+]. The molecule has 0 aromatic heterocycles. The van der Waals surface area contributed by atoms with Gasteiger partial charge in [0, 0.05) is 0 Å². The predicted octanol–water partition coefficient (Wildman–Crippen LogP) is -0.950. The van der Waals surface area contributed by atoms with E-state index in [2.05, 4.69) is 13.8 Å². The fraction of sp³-hybridized carbons (Fsp3) is 1.00. The summed E-state index contributed by atoms with van der Waals surface area (Å²) in [6, 6.07) is 0. The van der Waals surface area contributed by atoms with Gasteiger partial charge in [0.15, 0.2) is 0 Å². The average Bonchev–Trinajstić information content (AvgIpc) is 1.79. The van der Waals surface area contributed by atoms with Crippen molar-refractivity contribution in [3.63, 3.8) is 0 Å². The molecule has 0 saturated carbocycles. The van der Waals surface area contributed by atoms with Gasteiger partial charge >= 0.3 is 40.0 Å². The van der Waals surface area contributed by atoms with Gasteiger partial charge in [-0.3, -0.25) is 9.11 Å². The zero-order chi connectivity index (χ0) is 9.33. The summed E-state index contributed by atoms with van der Waals surface area (Å²) in [6.45, 7) is 4.46. The van der Waals surface area contributed by atoms with Crippen LogP contribution in [0.2, 0.25) is 0 Å². The maximum Gasteiger partial charge on any atom is 1.00 e. The predicted molar refractivity (Wildman–Crippen MR) is 45.1 cm³/mol. The van der Waals surface area contributed by atoms with Crippen molar-refractivity contribution in [3.05, 3.63) is 0 Å². The molecule has 0 unspecified atom stereocenters. The van der Waals surface area contributed by atoms with E-state index in [1.807, 2.05) is 0 Å². The van der Waals surface area contributed by atoms with Crippen molar-refractivity contribution >= 4 is 10.4 Å². The molecule has 0 saturated heterocycles. The maximum atomic E-state index is 8.74. The molecule has 0 fully saturated rings. The Balaban J connectivity index is -0.0000000546. The van der Waals surface area contributed by atoms with Gasteiger partial charge in [0.2, 0.25) is 0 Å². The van der Waals surface area contributed by atoms with Crippen LogP contribution in [0.5, 0.6) is 0 Å². The number of hydrogen-bond donors (Lipinski definition) is 2. The first-order valence-corrected chi connectivity index (χ1v) is 5.01. The van der Waals surface area contributed by atoms with Gasteiger partial charge in [0.25, 0.3) is 0 Å². The zero-order valence-corrected chi connectivity index (χ0v) is 10.8. The van der Waals surface area contributed by atoms with Crippen LogP contribution in [0.15, 0.2) is 0 Å². The monoisotopic (exact) mass is 208 g/mol. The number of unbranched alkanes of at least 4 members (excludes halogenated alkanes) is 3. The summed E-state index contributed by atoms with van der Waals surface area (Å²) in [5.74, 6) is 0. The summed E-state index contributed by atoms with van der Waals surface area (Å²) in [4.78, 5) is 0. The molecule has 0 radical (unpaired) electrons. The first-order chi connectivity index (χ1) is 4.91. The molecule has 0 aliphatic rings. The maximum absolute atomic E-state index is 8.74. The molecule has 0 aromatic carbocycles. The van der Waals surface area contributed by atoms with Crippen molar-refractivity contribution in [2.24, 2.45) is 0 Å². The summed E-state index contributed by atoms with van der Waals surface area (Å²) in [5, 5.41) is 0. The fourth-order valence-electron chi connectivity index (χ4n) is 0.500. The van der Waals surface area contributed by atoms with Gasteiger partial charge in [-0.2, -0.15) is 8.42 Å². The topological polar surface area (TPSA) is 74.6 Å². The Morgan fingerprint density at radius 2 is 1.25 bits per heavy atom. The summed E-state index contributed by atoms with van der Waals surface area (Å²) in [7, 11) is -4.67. The van der Waals surface area contributed by atoms with E-state index in [1.165, 1.54) is 25.7 Å². The van der Waals surface area contributed by atoms with Gasteiger partial charge in [-0.1, -0.05) is 39.5 Å². The molecule has 12 heavy (non-hydrogen) atoms. The van der Waals surface area contributed by atoms with E-state index in [-0.39, 0.29) is 31.0 Å². The van der Waals surface area contributed by atoms with Gasteiger partial charge in [-0.05, 0) is 0 Å². The minimum absolute atomic E-state index is 0. The molecule has 6 heteroatoms. The molecular formula is C6H17NaO4S. The van der Waals surface area contributed by atoms with Gasteiger partial charge in [0.1, 0.15) is 0 Å². The second-order valence-corrected chi connectivity index (χ2v) is 3.05. The standard InChI is InChI=1S/C6H14.Na.H2O4S.H/c1-3-5-6-4-2;;1-5(2,3)4;/h3-6H2,1-2H3;;(H2,1,2,3,4);/q;+1;;-1. The van der Waals surface area contributed by atoms with Crippen molar-refractivity contribution in [1.82, 2.24) is 0 Å². The molecule has 0 aliphatic heterocycles. The Bertz CT molecular complexity index is 148. The zero-order valence-electron chi connectivity index (χ0n) is 8.95. The Morgan fingerprint density at radius 1 is 1.08 bits per heavy atom. The summed E-state index contributed by atoms with van der Waals surface area (Å²) in [6.07, 6.45) is 5.54. The average molecular weight is 208 g/mol. The van der Waals surface area contributed by atoms with Gasteiger partial charge in [-0.15, -0.1) is 0 Å². The molecule has 4 nitrogen and oxygen atoms in total. The summed E-state index contributed by atoms with van der Waals surface area (Å²) in [5.41, 5.74) is 0. The second kappa shape index (κ2) is 11.9. The molecular weight excluding hydrogens is 191 g/mol. The second-order valence-electron chi connectivity index (χ2n) is 2.15. The normalized spacial score (nSPS) is 9.33. The fourth-order valence-corrected chi connectivity index (χ4v) is 0.500. The van der Waals surface area contributed by atoms with Crippen LogP contribution in [0, 0.1) is 0 Å². The van der Waals surface area contributed by atoms with Crippen LogP contribution in [-0.2, 0) is 10.4 Å². The third-order valence-electron chi connectivity index (χ3n) is 0.957. The Kier molecular flexibility index (Phi) is 18.4. The Morgan fingerprint density at radius 3 is 1.33 bits per heavy atom. The van der Waals surface area contributed by atoms with E-state index in [0.29, 0.717) is 0 Å². The minimum atomic E-state index is -4.67. The van der Waals surface area contributed by atoms with Gasteiger partial charge < -0.3 is 1.43 Å². The molecule has 0 spiro atoms. The molecule has 0 rings (SSSR count). The molecule has 0 aromatic rings. The first-order valence-electron chi connectivity index (χ1n) is 3.61. The van der Waals surface area contributed by atoms with E-state index in [4.69, 9.17) is 17.5 Å². The van der Waals surface area contributed by atoms with Crippen LogP contribution >= 0.6 is 0 Å². The van der Waals surface area contributed by atoms with Crippen LogP contribution in [0.25, 0.3) is 0 Å². The van der Waals surface area contributed by atoms with Crippen molar-refractivity contribution in [1.29, 1.82) is 0 Å². The van der Waals surface area contributed by atoms with Crippen molar-refractivity contribution in [3.8, 4) is 0 Å². The van der Waals surface area contributed by atoms with Crippen molar-refractivity contribution < 1.29 is 48.5 Å². The van der Waals surface area contributed by atoms with E-state index in [9.17, 15) is 0 Å². The molecule has 0 bridgehead atoms. The molecule has 0 amide bonds. The van der Waals surface area contributed by atoms with Crippen molar-refractivity contribution in [2.45, 2.75) is 39.5 Å². The van der Waals surface area contributed by atoms with Crippen molar-refractivity contribution in [2.75, 3.05) is 0 Å². The smallest absolute Gasteiger partial charge is 1.00 e. The number of rotatable bonds is 3. The van der Waals surface area contributed by atoms with Crippen LogP contribution in [0.1, 0.15) is 41.0 Å². The third-order valence-corrected chi connectivity index (χ3v) is 0.957. The van der Waals surface area contributed by atoms with E-state index >= 15 is 0 Å².